The topological polar surface area (TPSA) is 96.7 Å². The molecule has 0 amide bonds. The van der Waals surface area contributed by atoms with Gasteiger partial charge in [0.2, 0.25) is 0 Å². The third-order valence-electron chi connectivity index (χ3n) is 4.83. The Morgan fingerprint density at radius 2 is 1.84 bits per heavy atom. The highest BCUT2D eigenvalue weighted by molar-refractivity contribution is 9.10. The van der Waals surface area contributed by atoms with Crippen LogP contribution in [0.15, 0.2) is 83.3 Å². The van der Waals surface area contributed by atoms with Crippen molar-refractivity contribution in [3.8, 4) is 11.5 Å². The van der Waals surface area contributed by atoms with Crippen molar-refractivity contribution in [1.82, 2.24) is 4.98 Å². The predicted octanol–water partition coefficient (Wildman–Crippen LogP) is 5.73. The standard InChI is InChI=1S/C24H18BrNO5S/c25-17-9-11-22(31-18-6-3-4-15(12-18)13-23(27)28)19(14-17)24(32(29)30)21-10-8-16-5-1-2-7-20(16)26-21/h1-12,14,24H,13H2,(H,27,28)(H,29,30). The second kappa shape index (κ2) is 9.60. The van der Waals surface area contributed by atoms with E-state index in [9.17, 15) is 13.6 Å². The van der Waals surface area contributed by atoms with Crippen LogP contribution in [-0.4, -0.2) is 24.8 Å². The van der Waals surface area contributed by atoms with Crippen LogP contribution in [0.4, 0.5) is 0 Å². The molecule has 2 unspecified atom stereocenters. The highest BCUT2D eigenvalue weighted by Crippen LogP contribution is 2.38. The Morgan fingerprint density at radius 3 is 2.62 bits per heavy atom. The average molecular weight is 512 g/mol. The van der Waals surface area contributed by atoms with Crippen LogP contribution in [0.1, 0.15) is 22.1 Å². The van der Waals surface area contributed by atoms with Gasteiger partial charge in [0.1, 0.15) is 16.7 Å². The fraction of sp³-hybridized carbons (Fsp3) is 0.0833. The van der Waals surface area contributed by atoms with Crippen molar-refractivity contribution in [2.24, 2.45) is 0 Å². The van der Waals surface area contributed by atoms with Gasteiger partial charge >= 0.3 is 5.97 Å². The van der Waals surface area contributed by atoms with Crippen molar-refractivity contribution >= 4 is 43.9 Å². The van der Waals surface area contributed by atoms with Crippen molar-refractivity contribution in [3.63, 3.8) is 0 Å². The van der Waals surface area contributed by atoms with Crippen LogP contribution >= 0.6 is 15.9 Å². The number of aromatic nitrogens is 1. The molecule has 32 heavy (non-hydrogen) atoms. The van der Waals surface area contributed by atoms with Crippen LogP contribution in [-0.2, 0) is 22.3 Å². The van der Waals surface area contributed by atoms with Crippen molar-refractivity contribution in [3.05, 3.63) is 100 Å². The normalized spacial score (nSPS) is 12.9. The lowest BCUT2D eigenvalue weighted by molar-refractivity contribution is -0.136. The predicted molar refractivity (Wildman–Crippen MR) is 126 cm³/mol. The smallest absolute Gasteiger partial charge is 0.307 e. The van der Waals surface area contributed by atoms with Crippen molar-refractivity contribution < 1.29 is 23.4 Å². The number of aliphatic carboxylic acids is 1. The molecule has 0 bridgehead atoms. The molecule has 2 atom stereocenters. The molecule has 162 valence electrons. The maximum absolute atomic E-state index is 12.5. The molecule has 2 N–H and O–H groups in total. The summed E-state index contributed by atoms with van der Waals surface area (Å²) in [5.74, 6) is -0.131. The third-order valence-corrected chi connectivity index (χ3v) is 6.22. The number of halogens is 1. The average Bonchev–Trinajstić information content (AvgIpc) is 2.75. The van der Waals surface area contributed by atoms with E-state index in [1.54, 1.807) is 48.5 Å². The van der Waals surface area contributed by atoms with Gasteiger partial charge in [-0.1, -0.05) is 52.3 Å². The lowest BCUT2D eigenvalue weighted by atomic mass is 10.1. The van der Waals surface area contributed by atoms with E-state index in [1.807, 2.05) is 30.3 Å². The van der Waals surface area contributed by atoms with E-state index >= 15 is 0 Å². The Balaban J connectivity index is 1.77. The number of nitrogens with zero attached hydrogens (tertiary/aromatic N) is 1. The number of pyridine rings is 1. The summed E-state index contributed by atoms with van der Waals surface area (Å²) < 4.78 is 29.4. The van der Waals surface area contributed by atoms with Gasteiger partial charge in [-0.2, -0.15) is 0 Å². The first-order valence-corrected chi connectivity index (χ1v) is 11.6. The lowest BCUT2D eigenvalue weighted by Gasteiger charge is -2.18. The van der Waals surface area contributed by atoms with Gasteiger partial charge in [-0.25, -0.2) is 4.21 Å². The Hall–Kier alpha value is -3.07. The molecule has 1 aromatic heterocycles. The molecule has 0 radical (unpaired) electrons. The summed E-state index contributed by atoms with van der Waals surface area (Å²) in [6.07, 6.45) is -0.130. The SMILES string of the molecule is O=C(O)Cc1cccc(Oc2ccc(Br)cc2C(c2ccc3ccccc3n2)S(=O)O)c1. The van der Waals surface area contributed by atoms with Crippen LogP contribution in [0.2, 0.25) is 0 Å². The van der Waals surface area contributed by atoms with Crippen LogP contribution in [0.3, 0.4) is 0 Å². The van der Waals surface area contributed by atoms with Gasteiger partial charge in [0.15, 0.2) is 11.1 Å². The molecule has 0 saturated heterocycles. The maximum atomic E-state index is 12.5. The van der Waals surface area contributed by atoms with E-state index in [1.165, 1.54) is 0 Å². The molecular weight excluding hydrogens is 494 g/mol. The van der Waals surface area contributed by atoms with Gasteiger partial charge in [0.25, 0.3) is 0 Å². The summed E-state index contributed by atoms with van der Waals surface area (Å²) in [4.78, 5) is 15.6. The van der Waals surface area contributed by atoms with Crippen molar-refractivity contribution in [2.45, 2.75) is 11.7 Å². The number of hydrogen-bond acceptors (Lipinski definition) is 4. The Labute approximate surface area is 195 Å². The number of fused-ring (bicyclic) bond motifs is 1. The van der Waals surface area contributed by atoms with E-state index < -0.39 is 22.3 Å². The number of ether oxygens (including phenoxy) is 1. The number of hydrogen-bond donors (Lipinski definition) is 2. The summed E-state index contributed by atoms with van der Waals surface area (Å²) >= 11 is 1.15. The highest BCUT2D eigenvalue weighted by atomic mass is 79.9. The van der Waals surface area contributed by atoms with Crippen LogP contribution < -0.4 is 4.74 Å². The van der Waals surface area contributed by atoms with E-state index in [-0.39, 0.29) is 6.42 Å². The molecule has 0 aliphatic carbocycles. The molecule has 4 aromatic rings. The van der Waals surface area contributed by atoms with Gasteiger partial charge in [0, 0.05) is 15.4 Å². The van der Waals surface area contributed by atoms with Crippen LogP contribution in [0.5, 0.6) is 11.5 Å². The molecular formula is C24H18BrNO5S. The monoisotopic (exact) mass is 511 g/mol. The Bertz CT molecular complexity index is 1330. The van der Waals surface area contributed by atoms with Gasteiger partial charge in [-0.05, 0) is 48.0 Å². The zero-order valence-electron chi connectivity index (χ0n) is 16.6. The molecule has 3 aromatic carbocycles. The Kier molecular flexibility index (Phi) is 6.64. The molecule has 4 rings (SSSR count). The number of para-hydroxylation sites is 1. The van der Waals surface area contributed by atoms with E-state index in [4.69, 9.17) is 9.84 Å². The van der Waals surface area contributed by atoms with E-state index in [2.05, 4.69) is 20.9 Å². The highest BCUT2D eigenvalue weighted by Gasteiger charge is 2.26. The quantitative estimate of drug-likeness (QED) is 0.307. The zero-order valence-corrected chi connectivity index (χ0v) is 19.0. The van der Waals surface area contributed by atoms with E-state index in [0.717, 1.165) is 15.4 Å². The summed E-state index contributed by atoms with van der Waals surface area (Å²) in [5, 5.41) is 9.02. The molecule has 0 spiro atoms. The largest absolute Gasteiger partial charge is 0.481 e. The van der Waals surface area contributed by atoms with Crippen molar-refractivity contribution in [1.29, 1.82) is 0 Å². The minimum absolute atomic E-state index is 0.130. The van der Waals surface area contributed by atoms with Gasteiger partial charge in [-0.3, -0.25) is 9.78 Å². The first kappa shape index (κ1) is 22.1. The van der Waals surface area contributed by atoms with Crippen LogP contribution in [0, 0.1) is 0 Å². The summed E-state index contributed by atoms with van der Waals surface area (Å²) in [6.45, 7) is 0. The first-order chi connectivity index (χ1) is 15.4. The zero-order chi connectivity index (χ0) is 22.7. The van der Waals surface area contributed by atoms with Crippen LogP contribution in [0.25, 0.3) is 10.9 Å². The minimum atomic E-state index is -2.28. The fourth-order valence-corrected chi connectivity index (χ4v) is 4.55. The lowest BCUT2D eigenvalue weighted by Crippen LogP contribution is -2.11. The molecule has 6 nitrogen and oxygen atoms in total. The summed E-state index contributed by atoms with van der Waals surface area (Å²) in [5.41, 5.74) is 2.23. The van der Waals surface area contributed by atoms with E-state index in [0.29, 0.717) is 28.3 Å². The summed E-state index contributed by atoms with van der Waals surface area (Å²) in [7, 11) is 0. The van der Waals surface area contributed by atoms with Gasteiger partial charge in [-0.15, -0.1) is 0 Å². The molecule has 0 saturated carbocycles. The number of benzene rings is 3. The molecule has 0 aliphatic rings. The molecule has 8 heteroatoms. The van der Waals surface area contributed by atoms with Gasteiger partial charge < -0.3 is 14.4 Å². The number of carbonyl (C=O) groups is 1. The molecule has 1 heterocycles. The maximum Gasteiger partial charge on any atom is 0.307 e. The second-order valence-corrected chi connectivity index (χ2v) is 9.03. The van der Waals surface area contributed by atoms with Gasteiger partial charge in [0.05, 0.1) is 17.6 Å². The first-order valence-electron chi connectivity index (χ1n) is 9.64. The molecule has 0 aliphatic heterocycles. The third kappa shape index (κ3) is 5.04. The number of carboxylic acids is 1. The fourth-order valence-electron chi connectivity index (χ4n) is 3.44. The van der Waals surface area contributed by atoms with Crippen molar-refractivity contribution in [2.75, 3.05) is 0 Å². The second-order valence-electron chi connectivity index (χ2n) is 7.09. The Morgan fingerprint density at radius 1 is 1.03 bits per heavy atom. The molecule has 0 fully saturated rings. The summed E-state index contributed by atoms with van der Waals surface area (Å²) in [6, 6.07) is 23.1. The number of rotatable bonds is 7. The minimum Gasteiger partial charge on any atom is -0.481 e. The number of carboxylic acid groups (broad SMARTS) is 1.